The van der Waals surface area contributed by atoms with Gasteiger partial charge < -0.3 is 0 Å². The number of nitrogens with zero attached hydrogens (tertiary/aromatic N) is 2. The second kappa shape index (κ2) is 8.55. The standard InChI is InChI=1S/C21H18N2O4P/c24-22(25)21(23(26)27)16-17-28(18-10-4-1-5-11-18,19-12-6-2-7-13-19)20-14-8-3-9-15-20/h1-16H,17H2/q+1. The second-order valence-corrected chi connectivity index (χ2v) is 9.61. The molecule has 6 nitrogen and oxygen atoms in total. The first-order valence-electron chi connectivity index (χ1n) is 8.59. The molecule has 3 rings (SSSR count). The van der Waals surface area contributed by atoms with Gasteiger partial charge in [-0.2, -0.15) is 0 Å². The summed E-state index contributed by atoms with van der Waals surface area (Å²) in [4.78, 5) is 20.5. The van der Waals surface area contributed by atoms with E-state index in [1.807, 2.05) is 91.0 Å². The molecule has 0 saturated carbocycles. The van der Waals surface area contributed by atoms with E-state index < -0.39 is 22.9 Å². The molecule has 0 aliphatic heterocycles. The summed E-state index contributed by atoms with van der Waals surface area (Å²) in [5.74, 6) is -0.993. The molecule has 0 spiro atoms. The summed E-state index contributed by atoms with van der Waals surface area (Å²) >= 11 is 0. The summed E-state index contributed by atoms with van der Waals surface area (Å²) in [5.41, 5.74) is 0. The lowest BCUT2D eigenvalue weighted by molar-refractivity contribution is -0.616. The molecule has 28 heavy (non-hydrogen) atoms. The molecule has 7 heteroatoms. The van der Waals surface area contributed by atoms with Crippen LogP contribution in [0.25, 0.3) is 0 Å². The molecule has 0 unspecified atom stereocenters. The zero-order valence-electron chi connectivity index (χ0n) is 14.9. The van der Waals surface area contributed by atoms with Crippen LogP contribution >= 0.6 is 7.26 Å². The van der Waals surface area contributed by atoms with Crippen molar-refractivity contribution in [2.75, 3.05) is 6.16 Å². The van der Waals surface area contributed by atoms with Crippen molar-refractivity contribution in [3.63, 3.8) is 0 Å². The van der Waals surface area contributed by atoms with Crippen LogP contribution in [0.15, 0.2) is 103 Å². The maximum Gasteiger partial charge on any atom is 0.558 e. The molecule has 0 fully saturated rings. The van der Waals surface area contributed by atoms with E-state index in [2.05, 4.69) is 0 Å². The number of hydrogen-bond acceptors (Lipinski definition) is 4. The van der Waals surface area contributed by atoms with Gasteiger partial charge in [-0.1, -0.05) is 54.6 Å². The van der Waals surface area contributed by atoms with Gasteiger partial charge in [-0.15, -0.1) is 0 Å². The van der Waals surface area contributed by atoms with Gasteiger partial charge in [0.05, 0.1) is 0 Å². The Labute approximate surface area is 162 Å². The third-order valence-corrected chi connectivity index (χ3v) is 8.78. The van der Waals surface area contributed by atoms with Gasteiger partial charge in [0.2, 0.25) is 0 Å². The number of rotatable bonds is 7. The zero-order valence-corrected chi connectivity index (χ0v) is 15.8. The maximum atomic E-state index is 11.2. The summed E-state index contributed by atoms with van der Waals surface area (Å²) < 4.78 is 0. The number of hydrogen-bond donors (Lipinski definition) is 0. The lowest BCUT2D eigenvalue weighted by Crippen LogP contribution is -2.33. The molecule has 0 amide bonds. The van der Waals surface area contributed by atoms with E-state index in [0.29, 0.717) is 0 Å². The van der Waals surface area contributed by atoms with Crippen molar-refractivity contribution in [2.45, 2.75) is 0 Å². The zero-order chi connectivity index (χ0) is 20.0. The summed E-state index contributed by atoms with van der Waals surface area (Å²) in [6.45, 7) is 0. The van der Waals surface area contributed by atoms with Crippen LogP contribution in [0, 0.1) is 20.2 Å². The third kappa shape index (κ3) is 3.82. The van der Waals surface area contributed by atoms with Crippen molar-refractivity contribution < 1.29 is 9.85 Å². The summed E-state index contributed by atoms with van der Waals surface area (Å²) in [6.07, 6.45) is 1.34. The van der Waals surface area contributed by atoms with E-state index >= 15 is 0 Å². The average molecular weight is 393 g/mol. The molecule has 0 atom stereocenters. The maximum absolute atomic E-state index is 11.2. The summed E-state index contributed by atoms with van der Waals surface area (Å²) in [7, 11) is -2.37. The first-order chi connectivity index (χ1) is 13.6. The van der Waals surface area contributed by atoms with Crippen LogP contribution in [0.1, 0.15) is 0 Å². The highest BCUT2D eigenvalue weighted by atomic mass is 31.2. The van der Waals surface area contributed by atoms with Gasteiger partial charge in [0, 0.05) is 0 Å². The van der Waals surface area contributed by atoms with E-state index in [1.165, 1.54) is 0 Å². The smallest absolute Gasteiger partial charge is 0.253 e. The van der Waals surface area contributed by atoms with E-state index in [-0.39, 0.29) is 6.16 Å². The Morgan fingerprint density at radius 3 is 1.29 bits per heavy atom. The minimum absolute atomic E-state index is 0.183. The molecule has 3 aromatic rings. The fourth-order valence-electron chi connectivity index (χ4n) is 3.25. The Hall–Kier alpha value is -3.37. The average Bonchev–Trinajstić information content (AvgIpc) is 2.73. The quantitative estimate of drug-likeness (QED) is 0.350. The van der Waals surface area contributed by atoms with E-state index in [4.69, 9.17) is 0 Å². The van der Waals surface area contributed by atoms with E-state index in [9.17, 15) is 20.2 Å². The molecular formula is C21H18N2O4P+. The highest BCUT2D eigenvalue weighted by molar-refractivity contribution is 7.95. The molecule has 0 radical (unpaired) electrons. The highest BCUT2D eigenvalue weighted by Gasteiger charge is 2.46. The minimum atomic E-state index is -2.37. The second-order valence-electron chi connectivity index (χ2n) is 6.08. The van der Waals surface area contributed by atoms with E-state index in [1.54, 1.807) is 0 Å². The van der Waals surface area contributed by atoms with Crippen LogP contribution in [0.3, 0.4) is 0 Å². The van der Waals surface area contributed by atoms with Crippen LogP contribution in [0.2, 0.25) is 0 Å². The first-order valence-corrected chi connectivity index (χ1v) is 10.6. The first kappa shape index (κ1) is 19.4. The van der Waals surface area contributed by atoms with Crippen LogP contribution in [-0.4, -0.2) is 16.0 Å². The van der Waals surface area contributed by atoms with Gasteiger partial charge in [-0.05, 0) is 36.4 Å². The SMILES string of the molecule is O=[N+]([O-])C(=CC[P+](c1ccccc1)(c1ccccc1)c1ccccc1)[N+](=O)[O-]. The lowest BCUT2D eigenvalue weighted by atomic mass is 10.4. The minimum Gasteiger partial charge on any atom is -0.253 e. The Balaban J connectivity index is 2.30. The molecular weight excluding hydrogens is 375 g/mol. The topological polar surface area (TPSA) is 86.3 Å². The highest BCUT2D eigenvalue weighted by Crippen LogP contribution is 2.55. The van der Waals surface area contributed by atoms with Crippen LogP contribution in [0.5, 0.6) is 0 Å². The molecule has 0 bridgehead atoms. The van der Waals surface area contributed by atoms with Crippen molar-refractivity contribution in [3.8, 4) is 0 Å². The van der Waals surface area contributed by atoms with Gasteiger partial charge in [0.15, 0.2) is 0 Å². The molecule has 0 N–H and O–H groups in total. The fraction of sp³-hybridized carbons (Fsp3) is 0.0476. The van der Waals surface area contributed by atoms with Crippen molar-refractivity contribution in [1.82, 2.24) is 0 Å². The lowest BCUT2D eigenvalue weighted by Gasteiger charge is -2.26. The Morgan fingerprint density at radius 2 is 1.00 bits per heavy atom. The molecule has 140 valence electrons. The summed E-state index contributed by atoms with van der Waals surface area (Å²) in [6, 6.07) is 29.1. The molecule has 0 aliphatic carbocycles. The molecule has 0 aromatic heterocycles. The number of nitro groups is 2. The third-order valence-electron chi connectivity index (χ3n) is 4.51. The van der Waals surface area contributed by atoms with Gasteiger partial charge in [0.1, 0.15) is 45.3 Å². The Bertz CT molecular complexity index is 880. The van der Waals surface area contributed by atoms with Gasteiger partial charge in [-0.3, -0.25) is 20.2 Å². The predicted molar refractivity (Wildman–Crippen MR) is 112 cm³/mol. The van der Waals surface area contributed by atoms with Gasteiger partial charge in [-0.25, -0.2) is 0 Å². The van der Waals surface area contributed by atoms with Crippen molar-refractivity contribution in [1.29, 1.82) is 0 Å². The largest absolute Gasteiger partial charge is 0.558 e. The van der Waals surface area contributed by atoms with Crippen LogP contribution in [0.4, 0.5) is 0 Å². The fourth-order valence-corrected chi connectivity index (χ4v) is 7.25. The molecule has 0 aliphatic rings. The molecule has 0 heterocycles. The van der Waals surface area contributed by atoms with Crippen molar-refractivity contribution >= 4 is 23.2 Å². The Morgan fingerprint density at radius 1 is 0.679 bits per heavy atom. The summed E-state index contributed by atoms with van der Waals surface area (Å²) in [5, 5.41) is 25.4. The number of allylic oxidation sites excluding steroid dienone is 1. The van der Waals surface area contributed by atoms with Gasteiger partial charge >= 0.3 is 5.82 Å². The Kier molecular flexibility index (Phi) is 5.92. The van der Waals surface area contributed by atoms with Crippen LogP contribution in [-0.2, 0) is 0 Å². The van der Waals surface area contributed by atoms with Gasteiger partial charge in [0.25, 0.3) is 0 Å². The van der Waals surface area contributed by atoms with Crippen molar-refractivity contribution in [2.24, 2.45) is 0 Å². The van der Waals surface area contributed by atoms with Crippen molar-refractivity contribution in [3.05, 3.63) is 123 Å². The molecule has 3 aromatic carbocycles. The van der Waals surface area contributed by atoms with E-state index in [0.717, 1.165) is 22.0 Å². The normalized spacial score (nSPS) is 10.9. The predicted octanol–water partition coefficient (Wildman–Crippen LogP) is 3.38. The monoisotopic (exact) mass is 393 g/mol. The molecule has 0 saturated heterocycles. The number of benzene rings is 3. The van der Waals surface area contributed by atoms with Crippen LogP contribution < -0.4 is 15.9 Å².